The number of hydrogen-bond acceptors (Lipinski definition) is 3. The van der Waals surface area contributed by atoms with Gasteiger partial charge in [0.15, 0.2) is 0 Å². The van der Waals surface area contributed by atoms with Crippen LogP contribution in [0.4, 0.5) is 4.79 Å². The molecule has 124 valence electrons. The Morgan fingerprint density at radius 3 is 2.71 bits per heavy atom. The summed E-state index contributed by atoms with van der Waals surface area (Å²) in [5.74, 6) is -0.835. The van der Waals surface area contributed by atoms with E-state index in [1.165, 1.54) is 17.2 Å². The number of nitrogens with one attached hydrogen (secondary N) is 1. The molecule has 2 N–H and O–H groups in total. The summed E-state index contributed by atoms with van der Waals surface area (Å²) >= 11 is 0. The second kappa shape index (κ2) is 6.57. The summed E-state index contributed by atoms with van der Waals surface area (Å²) in [5, 5.41) is 11.8. The van der Waals surface area contributed by atoms with Crippen LogP contribution in [0.2, 0.25) is 0 Å². The molecule has 1 aromatic rings. The van der Waals surface area contributed by atoms with Crippen molar-refractivity contribution in [2.75, 3.05) is 6.54 Å². The molecule has 1 aromatic carbocycles. The van der Waals surface area contributed by atoms with E-state index < -0.39 is 18.2 Å². The normalized spacial score (nSPS) is 20.1. The molecule has 1 fully saturated rings. The summed E-state index contributed by atoms with van der Waals surface area (Å²) in [6.45, 7) is 0.486. The van der Waals surface area contributed by atoms with E-state index in [0.717, 1.165) is 16.9 Å². The van der Waals surface area contributed by atoms with Crippen LogP contribution in [0.25, 0.3) is 6.08 Å². The molecule has 0 aliphatic carbocycles. The Morgan fingerprint density at radius 2 is 2.00 bits per heavy atom. The second-order valence-electron chi connectivity index (χ2n) is 5.59. The molecule has 0 saturated carbocycles. The molecule has 3 amide bonds. The SMILES string of the molecule is O=C(C=Cc1ccccc1)NC1=CN(C(=O)O)C2CCCN2C1=O. The first-order valence-electron chi connectivity index (χ1n) is 7.64. The Bertz CT molecular complexity index is 727. The third-order valence-corrected chi connectivity index (χ3v) is 4.01. The molecule has 1 atom stereocenters. The number of carbonyl (C=O) groups excluding carboxylic acids is 2. The Morgan fingerprint density at radius 1 is 1.25 bits per heavy atom. The Kier molecular flexibility index (Phi) is 4.33. The Balaban J connectivity index is 1.74. The lowest BCUT2D eigenvalue weighted by Crippen LogP contribution is -2.53. The molecule has 2 aliphatic heterocycles. The summed E-state index contributed by atoms with van der Waals surface area (Å²) in [6, 6.07) is 9.26. The van der Waals surface area contributed by atoms with E-state index in [-0.39, 0.29) is 11.6 Å². The topological polar surface area (TPSA) is 89.9 Å². The van der Waals surface area contributed by atoms with E-state index in [1.54, 1.807) is 6.08 Å². The lowest BCUT2D eigenvalue weighted by Gasteiger charge is -2.36. The van der Waals surface area contributed by atoms with E-state index in [9.17, 15) is 19.5 Å². The van der Waals surface area contributed by atoms with Crippen LogP contribution < -0.4 is 5.32 Å². The summed E-state index contributed by atoms with van der Waals surface area (Å²) in [4.78, 5) is 38.3. The summed E-state index contributed by atoms with van der Waals surface area (Å²) in [5.41, 5.74) is 0.821. The molecule has 2 aliphatic rings. The van der Waals surface area contributed by atoms with E-state index >= 15 is 0 Å². The van der Waals surface area contributed by atoms with Crippen molar-refractivity contribution >= 4 is 24.0 Å². The van der Waals surface area contributed by atoms with E-state index in [4.69, 9.17) is 0 Å². The van der Waals surface area contributed by atoms with Gasteiger partial charge in [0.05, 0.1) is 0 Å². The average Bonchev–Trinajstić information content (AvgIpc) is 3.06. The second-order valence-corrected chi connectivity index (χ2v) is 5.59. The first-order chi connectivity index (χ1) is 11.6. The van der Waals surface area contributed by atoms with Gasteiger partial charge in [-0.1, -0.05) is 30.3 Å². The molecule has 0 bridgehead atoms. The zero-order valence-electron chi connectivity index (χ0n) is 12.9. The number of carbonyl (C=O) groups is 3. The number of nitrogens with zero attached hydrogens (tertiary/aromatic N) is 2. The number of carboxylic acid groups (broad SMARTS) is 1. The molecule has 0 spiro atoms. The first kappa shape index (κ1) is 15.8. The van der Waals surface area contributed by atoms with Gasteiger partial charge in [-0.25, -0.2) is 4.79 Å². The van der Waals surface area contributed by atoms with Crippen LogP contribution in [0.1, 0.15) is 18.4 Å². The maximum absolute atomic E-state index is 12.4. The largest absolute Gasteiger partial charge is 0.465 e. The minimum absolute atomic E-state index is 0.0294. The van der Waals surface area contributed by atoms with Crippen LogP contribution in [0, 0.1) is 0 Å². The molecule has 7 nitrogen and oxygen atoms in total. The maximum atomic E-state index is 12.4. The van der Waals surface area contributed by atoms with Gasteiger partial charge in [-0.15, -0.1) is 0 Å². The molecule has 0 radical (unpaired) electrons. The van der Waals surface area contributed by atoms with Crippen molar-refractivity contribution in [3.63, 3.8) is 0 Å². The minimum atomic E-state index is -1.15. The number of benzene rings is 1. The summed E-state index contributed by atoms with van der Waals surface area (Å²) in [7, 11) is 0. The van der Waals surface area contributed by atoms with Crippen molar-refractivity contribution in [1.29, 1.82) is 0 Å². The summed E-state index contributed by atoms with van der Waals surface area (Å²) < 4.78 is 0. The van der Waals surface area contributed by atoms with Crippen LogP contribution in [0.15, 0.2) is 48.3 Å². The van der Waals surface area contributed by atoms with Gasteiger partial charge in [0.1, 0.15) is 11.9 Å². The molecular formula is C17H17N3O4. The van der Waals surface area contributed by atoms with Gasteiger partial charge in [-0.3, -0.25) is 14.5 Å². The molecule has 1 unspecified atom stereocenters. The van der Waals surface area contributed by atoms with E-state index in [0.29, 0.717) is 13.0 Å². The molecular weight excluding hydrogens is 310 g/mol. The monoisotopic (exact) mass is 327 g/mol. The van der Waals surface area contributed by atoms with Crippen molar-refractivity contribution in [2.24, 2.45) is 0 Å². The van der Waals surface area contributed by atoms with Gasteiger partial charge >= 0.3 is 6.09 Å². The smallest absolute Gasteiger partial charge is 0.413 e. The molecule has 3 rings (SSSR count). The first-order valence-corrected chi connectivity index (χ1v) is 7.64. The number of hydrogen-bond donors (Lipinski definition) is 2. The minimum Gasteiger partial charge on any atom is -0.465 e. The number of fused-ring (bicyclic) bond motifs is 1. The van der Waals surface area contributed by atoms with Crippen molar-refractivity contribution in [3.05, 3.63) is 53.9 Å². The van der Waals surface area contributed by atoms with Crippen LogP contribution in [0.3, 0.4) is 0 Å². The highest BCUT2D eigenvalue weighted by molar-refractivity contribution is 6.02. The molecule has 1 saturated heterocycles. The Labute approximate surface area is 138 Å². The standard InChI is InChI=1S/C17H17N3O4/c21-14(9-8-12-5-2-1-3-6-12)18-13-11-20(17(23)24)15-7-4-10-19(15)16(13)22/h1-3,5-6,8-9,11,15H,4,7,10H2,(H,18,21)(H,23,24). The van der Waals surface area contributed by atoms with Crippen LogP contribution in [0.5, 0.6) is 0 Å². The number of rotatable bonds is 3. The fourth-order valence-electron chi connectivity index (χ4n) is 2.89. The predicted octanol–water partition coefficient (Wildman–Crippen LogP) is 1.60. The molecule has 24 heavy (non-hydrogen) atoms. The molecule has 0 aromatic heterocycles. The highest BCUT2D eigenvalue weighted by atomic mass is 16.4. The third kappa shape index (κ3) is 3.15. The average molecular weight is 327 g/mol. The van der Waals surface area contributed by atoms with Gasteiger partial charge in [0.2, 0.25) is 5.91 Å². The zero-order valence-corrected chi connectivity index (χ0v) is 12.9. The fraction of sp³-hybridized carbons (Fsp3) is 0.235. The number of amides is 3. The zero-order chi connectivity index (χ0) is 17.1. The van der Waals surface area contributed by atoms with Crippen molar-refractivity contribution < 1.29 is 19.5 Å². The highest BCUT2D eigenvalue weighted by Crippen LogP contribution is 2.27. The summed E-state index contributed by atoms with van der Waals surface area (Å²) in [6.07, 6.45) is 3.85. The van der Waals surface area contributed by atoms with Crippen LogP contribution in [-0.2, 0) is 9.59 Å². The van der Waals surface area contributed by atoms with E-state index in [2.05, 4.69) is 5.32 Å². The van der Waals surface area contributed by atoms with Crippen LogP contribution >= 0.6 is 0 Å². The lowest BCUT2D eigenvalue weighted by molar-refractivity contribution is -0.133. The predicted molar refractivity (Wildman–Crippen MR) is 86.3 cm³/mol. The third-order valence-electron chi connectivity index (χ3n) is 4.01. The Hall–Kier alpha value is -3.09. The maximum Gasteiger partial charge on any atom is 0.413 e. The van der Waals surface area contributed by atoms with Gasteiger partial charge in [0.25, 0.3) is 5.91 Å². The van der Waals surface area contributed by atoms with Gasteiger partial charge < -0.3 is 15.3 Å². The lowest BCUT2D eigenvalue weighted by atomic mass is 10.2. The van der Waals surface area contributed by atoms with Crippen molar-refractivity contribution in [1.82, 2.24) is 15.1 Å². The quantitative estimate of drug-likeness (QED) is 0.825. The van der Waals surface area contributed by atoms with Crippen LogP contribution in [-0.4, -0.2) is 45.5 Å². The highest BCUT2D eigenvalue weighted by Gasteiger charge is 2.40. The fourth-order valence-corrected chi connectivity index (χ4v) is 2.89. The van der Waals surface area contributed by atoms with E-state index in [1.807, 2.05) is 30.3 Å². The molecule has 7 heteroatoms. The van der Waals surface area contributed by atoms with Crippen molar-refractivity contribution in [3.8, 4) is 0 Å². The van der Waals surface area contributed by atoms with Crippen molar-refractivity contribution in [2.45, 2.75) is 19.0 Å². The van der Waals surface area contributed by atoms with Gasteiger partial charge in [-0.05, 0) is 24.5 Å². The van der Waals surface area contributed by atoms with Gasteiger partial charge in [0, 0.05) is 18.8 Å². The van der Waals surface area contributed by atoms with Gasteiger partial charge in [-0.2, -0.15) is 0 Å². The molecule has 2 heterocycles.